The standard InChI is InChI=1S/C11H12ClN/c1-2-13-9-6-8-4-3-5-11(12)10(8)7-9/h1,3-5,9,13H,2,6-7H2. The van der Waals surface area contributed by atoms with Crippen LogP contribution in [-0.4, -0.2) is 12.6 Å². The summed E-state index contributed by atoms with van der Waals surface area (Å²) < 4.78 is 0. The Morgan fingerprint density at radius 2 is 2.31 bits per heavy atom. The normalized spacial score (nSPS) is 20.3. The topological polar surface area (TPSA) is 12.0 Å². The monoisotopic (exact) mass is 193 g/mol. The van der Waals surface area contributed by atoms with E-state index in [9.17, 15) is 0 Å². The van der Waals surface area contributed by atoms with Crippen LogP contribution in [0, 0.1) is 6.92 Å². The van der Waals surface area contributed by atoms with Crippen molar-refractivity contribution in [1.82, 2.24) is 5.32 Å². The fourth-order valence-electron chi connectivity index (χ4n) is 1.92. The molecule has 1 aliphatic rings. The molecule has 0 aliphatic heterocycles. The number of rotatable bonds is 2. The second kappa shape index (κ2) is 3.69. The van der Waals surface area contributed by atoms with Crippen LogP contribution in [0.3, 0.4) is 0 Å². The molecule has 1 nitrogen and oxygen atoms in total. The molecule has 2 radical (unpaired) electrons. The minimum atomic E-state index is 0.472. The minimum absolute atomic E-state index is 0.472. The lowest BCUT2D eigenvalue weighted by atomic mass is 10.1. The molecule has 2 rings (SSSR count). The van der Waals surface area contributed by atoms with Crippen molar-refractivity contribution in [2.75, 3.05) is 6.54 Å². The summed E-state index contributed by atoms with van der Waals surface area (Å²) in [6.07, 6.45) is 2.05. The molecule has 0 saturated carbocycles. The van der Waals surface area contributed by atoms with Gasteiger partial charge >= 0.3 is 0 Å². The summed E-state index contributed by atoms with van der Waals surface area (Å²) in [5.74, 6) is 0. The Balaban J connectivity index is 2.20. The second-order valence-electron chi connectivity index (χ2n) is 3.39. The highest BCUT2D eigenvalue weighted by molar-refractivity contribution is 6.31. The van der Waals surface area contributed by atoms with E-state index in [0.717, 1.165) is 17.9 Å². The van der Waals surface area contributed by atoms with E-state index in [1.807, 2.05) is 12.1 Å². The summed E-state index contributed by atoms with van der Waals surface area (Å²) in [5, 5.41) is 4.13. The molecule has 13 heavy (non-hydrogen) atoms. The highest BCUT2D eigenvalue weighted by Crippen LogP contribution is 2.28. The van der Waals surface area contributed by atoms with Gasteiger partial charge in [0.2, 0.25) is 0 Å². The molecule has 1 aromatic carbocycles. The predicted octanol–water partition coefficient (Wildman–Crippen LogP) is 2.11. The van der Waals surface area contributed by atoms with Crippen molar-refractivity contribution in [3.05, 3.63) is 41.3 Å². The van der Waals surface area contributed by atoms with Gasteiger partial charge in [0.15, 0.2) is 0 Å². The average Bonchev–Trinajstić information content (AvgIpc) is 2.49. The molecule has 0 aromatic heterocycles. The van der Waals surface area contributed by atoms with Gasteiger partial charge < -0.3 is 5.32 Å². The van der Waals surface area contributed by atoms with Gasteiger partial charge in [-0.1, -0.05) is 23.7 Å². The van der Waals surface area contributed by atoms with E-state index >= 15 is 0 Å². The van der Waals surface area contributed by atoms with Crippen LogP contribution >= 0.6 is 11.6 Å². The lowest BCUT2D eigenvalue weighted by Gasteiger charge is -2.08. The molecule has 1 N–H and O–H groups in total. The molecular weight excluding hydrogens is 182 g/mol. The highest BCUT2D eigenvalue weighted by atomic mass is 35.5. The Hall–Kier alpha value is -0.530. The summed E-state index contributed by atoms with van der Waals surface area (Å²) in [7, 11) is 0. The molecule has 1 aliphatic carbocycles. The van der Waals surface area contributed by atoms with E-state index < -0.39 is 0 Å². The minimum Gasteiger partial charge on any atom is -0.313 e. The molecule has 0 spiro atoms. The summed E-state index contributed by atoms with van der Waals surface area (Å²) in [6, 6.07) is 6.57. The third-order valence-corrected chi connectivity index (χ3v) is 2.89. The van der Waals surface area contributed by atoms with Gasteiger partial charge in [-0.15, -0.1) is 0 Å². The molecular formula is C11H12ClN. The maximum Gasteiger partial charge on any atom is 0.0441 e. The van der Waals surface area contributed by atoms with Crippen LogP contribution in [0.15, 0.2) is 18.2 Å². The van der Waals surface area contributed by atoms with E-state index in [1.54, 1.807) is 0 Å². The second-order valence-corrected chi connectivity index (χ2v) is 3.80. The molecule has 0 fully saturated rings. The van der Waals surface area contributed by atoms with E-state index in [-0.39, 0.29) is 0 Å². The Bertz CT molecular complexity index is 309. The summed E-state index contributed by atoms with van der Waals surface area (Å²) in [5.41, 5.74) is 2.65. The molecule has 0 saturated heterocycles. The molecule has 1 unspecified atom stereocenters. The Labute approximate surface area is 84.1 Å². The maximum absolute atomic E-state index is 6.08. The van der Waals surface area contributed by atoms with Gasteiger partial charge in [0.05, 0.1) is 0 Å². The zero-order valence-corrected chi connectivity index (χ0v) is 8.14. The van der Waals surface area contributed by atoms with Crippen LogP contribution in [0.2, 0.25) is 5.02 Å². The summed E-state index contributed by atoms with van der Waals surface area (Å²) in [4.78, 5) is 0. The first-order valence-electron chi connectivity index (χ1n) is 4.51. The number of benzene rings is 1. The van der Waals surface area contributed by atoms with Gasteiger partial charge in [-0.2, -0.15) is 0 Å². The third-order valence-electron chi connectivity index (χ3n) is 2.54. The van der Waals surface area contributed by atoms with Crippen molar-refractivity contribution in [3.8, 4) is 0 Å². The lowest BCUT2D eigenvalue weighted by Crippen LogP contribution is -2.29. The van der Waals surface area contributed by atoms with Crippen LogP contribution in [0.25, 0.3) is 0 Å². The van der Waals surface area contributed by atoms with Crippen LogP contribution in [-0.2, 0) is 12.8 Å². The highest BCUT2D eigenvalue weighted by Gasteiger charge is 2.21. The van der Waals surface area contributed by atoms with Crippen molar-refractivity contribution >= 4 is 11.6 Å². The van der Waals surface area contributed by atoms with Crippen LogP contribution in [0.4, 0.5) is 0 Å². The van der Waals surface area contributed by atoms with Crippen molar-refractivity contribution in [2.45, 2.75) is 18.9 Å². The number of hydrogen-bond acceptors (Lipinski definition) is 1. The number of nitrogens with one attached hydrogen (secondary N) is 1. The van der Waals surface area contributed by atoms with Crippen LogP contribution < -0.4 is 5.32 Å². The zero-order valence-electron chi connectivity index (χ0n) is 7.39. The molecule has 1 aromatic rings. The van der Waals surface area contributed by atoms with E-state index in [2.05, 4.69) is 11.4 Å². The number of hydrogen-bond donors (Lipinski definition) is 1. The van der Waals surface area contributed by atoms with Crippen molar-refractivity contribution < 1.29 is 0 Å². The van der Waals surface area contributed by atoms with E-state index in [4.69, 9.17) is 18.5 Å². The molecule has 0 amide bonds. The van der Waals surface area contributed by atoms with Crippen LogP contribution in [0.5, 0.6) is 0 Å². The first-order chi connectivity index (χ1) is 6.31. The average molecular weight is 194 g/mol. The van der Waals surface area contributed by atoms with Gasteiger partial charge in [-0.3, -0.25) is 0 Å². The molecule has 0 heterocycles. The molecule has 68 valence electrons. The fraction of sp³-hybridized carbons (Fsp3) is 0.364. The quantitative estimate of drug-likeness (QED) is 0.759. The summed E-state index contributed by atoms with van der Waals surface area (Å²) in [6.45, 7) is 5.98. The third kappa shape index (κ3) is 1.72. The smallest absolute Gasteiger partial charge is 0.0441 e. The largest absolute Gasteiger partial charge is 0.313 e. The molecule has 1 atom stereocenters. The van der Waals surface area contributed by atoms with Crippen molar-refractivity contribution in [3.63, 3.8) is 0 Å². The van der Waals surface area contributed by atoms with Gasteiger partial charge in [-0.05, 0) is 43.5 Å². The van der Waals surface area contributed by atoms with Gasteiger partial charge in [0.1, 0.15) is 0 Å². The van der Waals surface area contributed by atoms with E-state index in [0.29, 0.717) is 12.6 Å². The van der Waals surface area contributed by atoms with Gasteiger partial charge in [-0.25, -0.2) is 0 Å². The Kier molecular flexibility index (Phi) is 2.56. The van der Waals surface area contributed by atoms with Gasteiger partial charge in [0, 0.05) is 11.1 Å². The first-order valence-corrected chi connectivity index (χ1v) is 4.89. The zero-order chi connectivity index (χ0) is 9.26. The van der Waals surface area contributed by atoms with Crippen molar-refractivity contribution in [1.29, 1.82) is 0 Å². The van der Waals surface area contributed by atoms with Gasteiger partial charge in [0.25, 0.3) is 0 Å². The SMILES string of the molecule is [CH]CNC1Cc2cccc(Cl)c2C1. The van der Waals surface area contributed by atoms with Crippen LogP contribution in [0.1, 0.15) is 11.1 Å². The summed E-state index contributed by atoms with van der Waals surface area (Å²) >= 11 is 6.08. The fourth-order valence-corrected chi connectivity index (χ4v) is 2.19. The number of fused-ring (bicyclic) bond motifs is 1. The Morgan fingerprint density at radius 3 is 3.00 bits per heavy atom. The number of halogens is 1. The molecule has 0 bridgehead atoms. The maximum atomic E-state index is 6.08. The predicted molar refractivity (Wildman–Crippen MR) is 55.0 cm³/mol. The van der Waals surface area contributed by atoms with Crippen molar-refractivity contribution in [2.24, 2.45) is 0 Å². The first kappa shape index (κ1) is 9.04. The lowest BCUT2D eigenvalue weighted by molar-refractivity contribution is 0.566. The van der Waals surface area contributed by atoms with E-state index in [1.165, 1.54) is 11.1 Å². The Morgan fingerprint density at radius 1 is 1.46 bits per heavy atom. The molecule has 2 heteroatoms.